The number of esters is 1. The van der Waals surface area contributed by atoms with Crippen molar-refractivity contribution < 1.29 is 23.5 Å². The molecule has 0 fully saturated rings. The van der Waals surface area contributed by atoms with Gasteiger partial charge in [0.2, 0.25) is 11.8 Å². The monoisotopic (exact) mass is 408 g/mol. The fraction of sp³-hybridized carbons (Fsp3) is 0.591. The number of carbonyl (C=O) groups is 3. The van der Waals surface area contributed by atoms with Crippen LogP contribution in [0.4, 0.5) is 4.39 Å². The van der Waals surface area contributed by atoms with Gasteiger partial charge in [0.1, 0.15) is 17.9 Å². The van der Waals surface area contributed by atoms with E-state index in [1.54, 1.807) is 12.1 Å². The summed E-state index contributed by atoms with van der Waals surface area (Å²) >= 11 is 0. The van der Waals surface area contributed by atoms with Gasteiger partial charge in [0.25, 0.3) is 0 Å². The van der Waals surface area contributed by atoms with E-state index >= 15 is 0 Å². The number of amides is 2. The number of rotatable bonds is 13. The van der Waals surface area contributed by atoms with Crippen molar-refractivity contribution in [1.82, 2.24) is 10.6 Å². The molecular weight excluding hydrogens is 375 g/mol. The maximum absolute atomic E-state index is 13.4. The van der Waals surface area contributed by atoms with Crippen molar-refractivity contribution in [3.63, 3.8) is 0 Å². The number of unbranched alkanes of at least 4 members (excludes halogenated alkanes) is 5. The van der Waals surface area contributed by atoms with Crippen molar-refractivity contribution in [1.29, 1.82) is 0 Å². The minimum Gasteiger partial charge on any atom is -0.467 e. The maximum atomic E-state index is 13.4. The molecule has 1 aromatic carbocycles. The third kappa shape index (κ3) is 10.1. The highest BCUT2D eigenvalue weighted by atomic mass is 19.1. The fourth-order valence-electron chi connectivity index (χ4n) is 3.15. The molecule has 0 aliphatic carbocycles. The van der Waals surface area contributed by atoms with Gasteiger partial charge in [-0.15, -0.1) is 0 Å². The van der Waals surface area contributed by atoms with E-state index in [4.69, 9.17) is 4.74 Å². The molecule has 162 valence electrons. The molecule has 7 heteroatoms. The molecule has 0 spiro atoms. The van der Waals surface area contributed by atoms with E-state index in [2.05, 4.69) is 17.6 Å². The maximum Gasteiger partial charge on any atom is 0.328 e. The van der Waals surface area contributed by atoms with Gasteiger partial charge in [-0.1, -0.05) is 57.6 Å². The zero-order chi connectivity index (χ0) is 21.6. The van der Waals surface area contributed by atoms with Gasteiger partial charge >= 0.3 is 5.97 Å². The second kappa shape index (κ2) is 13.7. The number of benzene rings is 1. The predicted octanol–water partition coefficient (Wildman–Crippen LogP) is 3.28. The molecule has 0 aromatic heterocycles. The third-order valence-corrected chi connectivity index (χ3v) is 4.67. The van der Waals surface area contributed by atoms with Crippen molar-refractivity contribution in [2.24, 2.45) is 0 Å². The van der Waals surface area contributed by atoms with Crippen molar-refractivity contribution >= 4 is 17.8 Å². The second-order valence-electron chi connectivity index (χ2n) is 7.23. The van der Waals surface area contributed by atoms with E-state index in [1.165, 1.54) is 32.6 Å². The highest BCUT2D eigenvalue weighted by Crippen LogP contribution is 2.11. The Morgan fingerprint density at radius 3 is 2.34 bits per heavy atom. The van der Waals surface area contributed by atoms with Crippen LogP contribution in [0.25, 0.3) is 0 Å². The molecule has 0 unspecified atom stereocenters. The molecular formula is C22H33FN2O4. The number of halogens is 1. The fourth-order valence-corrected chi connectivity index (χ4v) is 3.15. The summed E-state index contributed by atoms with van der Waals surface area (Å²) in [6.07, 6.45) is 6.95. The van der Waals surface area contributed by atoms with Crippen LogP contribution in [-0.4, -0.2) is 37.0 Å². The molecule has 0 radical (unpaired) electrons. The molecule has 0 saturated carbocycles. The van der Waals surface area contributed by atoms with Gasteiger partial charge < -0.3 is 15.4 Å². The molecule has 0 heterocycles. The van der Waals surface area contributed by atoms with Crippen LogP contribution < -0.4 is 10.6 Å². The van der Waals surface area contributed by atoms with Crippen LogP contribution in [0.15, 0.2) is 24.3 Å². The van der Waals surface area contributed by atoms with Crippen LogP contribution in [0.3, 0.4) is 0 Å². The highest BCUT2D eigenvalue weighted by molar-refractivity contribution is 5.90. The molecule has 0 aliphatic heterocycles. The van der Waals surface area contributed by atoms with Crippen LogP contribution in [0.2, 0.25) is 0 Å². The minimum absolute atomic E-state index is 0.119. The largest absolute Gasteiger partial charge is 0.467 e. The Bertz CT molecular complexity index is 666. The molecule has 29 heavy (non-hydrogen) atoms. The van der Waals surface area contributed by atoms with Gasteiger partial charge in [-0.05, 0) is 24.1 Å². The molecule has 2 amide bonds. The van der Waals surface area contributed by atoms with Gasteiger partial charge in [0, 0.05) is 13.3 Å². The SMILES string of the molecule is CCCCCCCC[C@H](NC(=O)[C@@H](Cc1cccc(F)c1)NC(C)=O)C(=O)OC. The normalized spacial score (nSPS) is 12.7. The summed E-state index contributed by atoms with van der Waals surface area (Å²) in [7, 11) is 1.28. The first-order valence-electron chi connectivity index (χ1n) is 10.3. The molecule has 6 nitrogen and oxygen atoms in total. The lowest BCUT2D eigenvalue weighted by Crippen LogP contribution is -2.52. The van der Waals surface area contributed by atoms with Crippen LogP contribution in [-0.2, 0) is 25.5 Å². The average Bonchev–Trinajstić information content (AvgIpc) is 2.68. The number of methoxy groups -OCH3 is 1. The molecule has 0 saturated heterocycles. The Morgan fingerprint density at radius 1 is 1.03 bits per heavy atom. The number of carbonyl (C=O) groups excluding carboxylic acids is 3. The lowest BCUT2D eigenvalue weighted by molar-refractivity contribution is -0.145. The molecule has 1 rings (SSSR count). The molecule has 0 aliphatic rings. The van der Waals surface area contributed by atoms with E-state index < -0.39 is 29.8 Å². The zero-order valence-electron chi connectivity index (χ0n) is 17.6. The number of hydrogen-bond acceptors (Lipinski definition) is 4. The topological polar surface area (TPSA) is 84.5 Å². The molecule has 0 bridgehead atoms. The standard InChI is InChI=1S/C22H33FN2O4/c1-4-5-6-7-8-9-13-19(22(28)29-3)25-21(27)20(24-16(2)26)15-17-11-10-12-18(23)14-17/h10-12,14,19-20H,4-9,13,15H2,1-3H3,(H,24,26)(H,25,27)/t19-,20+/m0/s1. The van der Waals surface area contributed by atoms with Gasteiger partial charge in [-0.25, -0.2) is 9.18 Å². The average molecular weight is 409 g/mol. The van der Waals surface area contributed by atoms with Crippen molar-refractivity contribution in [2.45, 2.75) is 77.3 Å². The van der Waals surface area contributed by atoms with E-state index in [-0.39, 0.29) is 12.3 Å². The summed E-state index contributed by atoms with van der Waals surface area (Å²) in [5.41, 5.74) is 0.574. The molecule has 1 aromatic rings. The van der Waals surface area contributed by atoms with Crippen LogP contribution in [0, 0.1) is 5.82 Å². The van der Waals surface area contributed by atoms with Gasteiger partial charge in [0.05, 0.1) is 7.11 Å². The quantitative estimate of drug-likeness (QED) is 0.387. The van der Waals surface area contributed by atoms with Crippen LogP contribution in [0.1, 0.15) is 64.4 Å². The Kier molecular flexibility index (Phi) is 11.6. The first kappa shape index (κ1) is 24.6. The van der Waals surface area contributed by atoms with Gasteiger partial charge in [-0.2, -0.15) is 0 Å². The summed E-state index contributed by atoms with van der Waals surface area (Å²) in [5, 5.41) is 5.26. The number of nitrogens with one attached hydrogen (secondary N) is 2. The second-order valence-corrected chi connectivity index (χ2v) is 7.23. The highest BCUT2D eigenvalue weighted by Gasteiger charge is 2.26. The summed E-state index contributed by atoms with van der Waals surface area (Å²) in [4.78, 5) is 36.4. The first-order valence-corrected chi connectivity index (χ1v) is 10.3. The Labute approximate surface area is 172 Å². The van der Waals surface area contributed by atoms with E-state index in [1.807, 2.05) is 0 Å². The molecule has 2 atom stereocenters. The van der Waals surface area contributed by atoms with E-state index in [9.17, 15) is 18.8 Å². The Morgan fingerprint density at radius 2 is 1.72 bits per heavy atom. The number of hydrogen-bond donors (Lipinski definition) is 2. The minimum atomic E-state index is -0.911. The Hall–Kier alpha value is -2.44. The first-order chi connectivity index (χ1) is 13.9. The van der Waals surface area contributed by atoms with Crippen LogP contribution in [0.5, 0.6) is 0 Å². The smallest absolute Gasteiger partial charge is 0.328 e. The summed E-state index contributed by atoms with van der Waals surface area (Å²) in [6.45, 7) is 3.46. The summed E-state index contributed by atoms with van der Waals surface area (Å²) < 4.78 is 18.3. The Balaban J connectivity index is 2.72. The van der Waals surface area contributed by atoms with Gasteiger partial charge in [-0.3, -0.25) is 9.59 Å². The molecule has 2 N–H and O–H groups in total. The lowest BCUT2D eigenvalue weighted by atomic mass is 10.0. The summed E-state index contributed by atoms with van der Waals surface area (Å²) in [5.74, 6) is -1.81. The third-order valence-electron chi connectivity index (χ3n) is 4.67. The van der Waals surface area contributed by atoms with Gasteiger partial charge in [0.15, 0.2) is 0 Å². The van der Waals surface area contributed by atoms with Crippen LogP contribution >= 0.6 is 0 Å². The predicted molar refractivity (Wildman–Crippen MR) is 110 cm³/mol. The van der Waals surface area contributed by atoms with Crippen molar-refractivity contribution in [3.8, 4) is 0 Å². The van der Waals surface area contributed by atoms with E-state index in [0.29, 0.717) is 12.0 Å². The van der Waals surface area contributed by atoms with E-state index in [0.717, 1.165) is 32.1 Å². The zero-order valence-corrected chi connectivity index (χ0v) is 17.6. The van der Waals surface area contributed by atoms with Crippen molar-refractivity contribution in [2.75, 3.05) is 7.11 Å². The lowest BCUT2D eigenvalue weighted by Gasteiger charge is -2.22. The summed E-state index contributed by atoms with van der Waals surface area (Å²) in [6, 6.07) is 4.16. The number of ether oxygens (including phenoxy) is 1. The van der Waals surface area contributed by atoms with Crippen molar-refractivity contribution in [3.05, 3.63) is 35.6 Å².